The lowest BCUT2D eigenvalue weighted by Crippen LogP contribution is -2.36. The van der Waals surface area contributed by atoms with E-state index in [-0.39, 0.29) is 0 Å². The first-order valence-electron chi connectivity index (χ1n) is 6.85. The van der Waals surface area contributed by atoms with Crippen molar-refractivity contribution in [3.63, 3.8) is 0 Å². The predicted octanol–water partition coefficient (Wildman–Crippen LogP) is 1.80. The van der Waals surface area contributed by atoms with Crippen LogP contribution in [0.1, 0.15) is 30.1 Å². The third kappa shape index (κ3) is 3.68. The number of nitrogens with zero attached hydrogens (tertiary/aromatic N) is 3. The minimum atomic E-state index is -0.746. The van der Waals surface area contributed by atoms with Gasteiger partial charge in [0.05, 0.1) is 17.5 Å². The Morgan fingerprint density at radius 2 is 2.00 bits per heavy atom. The van der Waals surface area contributed by atoms with Crippen molar-refractivity contribution in [3.8, 4) is 0 Å². The van der Waals surface area contributed by atoms with Gasteiger partial charge in [0.15, 0.2) is 5.82 Å². The molecule has 0 aliphatic carbocycles. The maximum absolute atomic E-state index is 9.87. The molecule has 2 heterocycles. The van der Waals surface area contributed by atoms with Crippen LogP contribution in [0.4, 0.5) is 5.82 Å². The quantitative estimate of drug-likeness (QED) is 0.576. The second kappa shape index (κ2) is 5.84. The minimum absolute atomic E-state index is 0.544. The van der Waals surface area contributed by atoms with Gasteiger partial charge in [-0.3, -0.25) is 4.90 Å². The van der Waals surface area contributed by atoms with E-state index in [0.717, 1.165) is 10.2 Å². The Balaban J connectivity index is 2.33. The molecule has 0 saturated carbocycles. The zero-order valence-corrected chi connectivity index (χ0v) is 14.0. The van der Waals surface area contributed by atoms with Crippen LogP contribution < -0.4 is 11.3 Å². The van der Waals surface area contributed by atoms with Crippen molar-refractivity contribution in [2.75, 3.05) is 19.0 Å². The summed E-state index contributed by atoms with van der Waals surface area (Å²) in [5.41, 5.74) is 3.09. The van der Waals surface area contributed by atoms with Crippen LogP contribution in [-0.2, 0) is 6.54 Å². The van der Waals surface area contributed by atoms with E-state index in [4.69, 9.17) is 5.84 Å². The van der Waals surface area contributed by atoms with E-state index in [1.165, 1.54) is 10.4 Å². The van der Waals surface area contributed by atoms with Gasteiger partial charge in [0.2, 0.25) is 0 Å². The van der Waals surface area contributed by atoms with Gasteiger partial charge >= 0.3 is 0 Å². The molecule has 116 valence electrons. The van der Waals surface area contributed by atoms with E-state index in [0.29, 0.717) is 24.7 Å². The van der Waals surface area contributed by atoms with E-state index in [1.807, 2.05) is 11.9 Å². The summed E-state index contributed by atoms with van der Waals surface area (Å²) in [5, 5.41) is 10.9. The molecule has 4 N–H and O–H groups in total. The van der Waals surface area contributed by atoms with Crippen LogP contribution in [0.2, 0.25) is 0 Å². The zero-order valence-electron chi connectivity index (χ0n) is 13.2. The SMILES string of the molecule is Cc1sc2nc(CN(C)CC(C)(C)O)nc(NN)c2c1C. The summed E-state index contributed by atoms with van der Waals surface area (Å²) in [6.07, 6.45) is 0. The summed E-state index contributed by atoms with van der Waals surface area (Å²) >= 11 is 1.65. The fourth-order valence-corrected chi connectivity index (χ4v) is 3.47. The van der Waals surface area contributed by atoms with Gasteiger partial charge in [-0.15, -0.1) is 11.3 Å². The fraction of sp³-hybridized carbons (Fsp3) is 0.571. The van der Waals surface area contributed by atoms with Gasteiger partial charge in [0.25, 0.3) is 0 Å². The Morgan fingerprint density at radius 1 is 1.33 bits per heavy atom. The van der Waals surface area contributed by atoms with Crippen molar-refractivity contribution >= 4 is 27.4 Å². The number of fused-ring (bicyclic) bond motifs is 1. The van der Waals surface area contributed by atoms with Crippen molar-refractivity contribution in [2.24, 2.45) is 5.84 Å². The van der Waals surface area contributed by atoms with E-state index in [9.17, 15) is 5.11 Å². The number of hydrogen-bond donors (Lipinski definition) is 3. The number of hydrazine groups is 1. The van der Waals surface area contributed by atoms with E-state index in [1.54, 1.807) is 25.2 Å². The first kappa shape index (κ1) is 16.1. The second-order valence-corrected chi connectivity index (χ2v) is 7.28. The van der Waals surface area contributed by atoms with Gasteiger partial charge in [-0.1, -0.05) is 0 Å². The third-order valence-corrected chi connectivity index (χ3v) is 4.38. The number of aryl methyl sites for hydroxylation is 2. The van der Waals surface area contributed by atoms with Crippen LogP contribution in [0.15, 0.2) is 0 Å². The third-order valence-electron chi connectivity index (χ3n) is 3.28. The van der Waals surface area contributed by atoms with E-state index < -0.39 is 5.60 Å². The van der Waals surface area contributed by atoms with Gasteiger partial charge < -0.3 is 10.5 Å². The molecule has 0 aromatic carbocycles. The van der Waals surface area contributed by atoms with E-state index >= 15 is 0 Å². The van der Waals surface area contributed by atoms with Crippen molar-refractivity contribution in [2.45, 2.75) is 39.8 Å². The lowest BCUT2D eigenvalue weighted by Gasteiger charge is -2.24. The molecule has 7 heteroatoms. The number of likely N-dealkylation sites (N-methyl/N-ethyl adjacent to an activating group) is 1. The highest BCUT2D eigenvalue weighted by Crippen LogP contribution is 2.32. The topological polar surface area (TPSA) is 87.3 Å². The summed E-state index contributed by atoms with van der Waals surface area (Å²) in [6.45, 7) is 8.80. The van der Waals surface area contributed by atoms with E-state index in [2.05, 4.69) is 29.2 Å². The Bertz CT molecular complexity index is 647. The average Bonchev–Trinajstić information content (AvgIpc) is 2.61. The molecule has 2 aromatic heterocycles. The molecule has 0 spiro atoms. The number of nitrogen functional groups attached to an aromatic ring is 1. The van der Waals surface area contributed by atoms with Crippen LogP contribution >= 0.6 is 11.3 Å². The maximum atomic E-state index is 9.87. The normalized spacial score (nSPS) is 12.4. The minimum Gasteiger partial charge on any atom is -0.389 e. The number of aromatic nitrogens is 2. The van der Waals surface area contributed by atoms with Crippen molar-refractivity contribution in [3.05, 3.63) is 16.3 Å². The average molecular weight is 309 g/mol. The molecule has 21 heavy (non-hydrogen) atoms. The maximum Gasteiger partial charge on any atom is 0.152 e. The zero-order chi connectivity index (χ0) is 15.8. The molecule has 0 fully saturated rings. The van der Waals surface area contributed by atoms with Gasteiger partial charge in [-0.2, -0.15) is 0 Å². The second-order valence-electron chi connectivity index (χ2n) is 6.08. The number of thiophene rings is 1. The Labute approximate surface area is 129 Å². The number of nitrogens with two attached hydrogens (primary N) is 1. The first-order valence-corrected chi connectivity index (χ1v) is 7.67. The molecule has 0 saturated heterocycles. The number of anilines is 1. The molecule has 2 rings (SSSR count). The molecule has 0 unspecified atom stereocenters. The highest BCUT2D eigenvalue weighted by atomic mass is 32.1. The van der Waals surface area contributed by atoms with Gasteiger partial charge in [0, 0.05) is 11.4 Å². The van der Waals surface area contributed by atoms with Crippen molar-refractivity contribution in [1.29, 1.82) is 0 Å². The van der Waals surface area contributed by atoms with Gasteiger partial charge in [0.1, 0.15) is 10.7 Å². The summed E-state index contributed by atoms with van der Waals surface area (Å²) in [4.78, 5) is 13.3. The van der Waals surface area contributed by atoms with Crippen molar-refractivity contribution < 1.29 is 5.11 Å². The van der Waals surface area contributed by atoms with Crippen LogP contribution in [-0.4, -0.2) is 39.2 Å². The standard InChI is InChI=1S/C14H23N5OS/c1-8-9(2)21-13-11(8)12(18-15)16-10(17-13)6-19(5)7-14(3,4)20/h20H,6-7,15H2,1-5H3,(H,16,17,18). The molecule has 2 aromatic rings. The Hall–Kier alpha value is -1.28. The highest BCUT2D eigenvalue weighted by molar-refractivity contribution is 7.18. The van der Waals surface area contributed by atoms with Crippen LogP contribution in [0, 0.1) is 13.8 Å². The fourth-order valence-electron chi connectivity index (χ4n) is 2.43. The predicted molar refractivity (Wildman–Crippen MR) is 87.3 cm³/mol. The number of hydrogen-bond acceptors (Lipinski definition) is 7. The molecule has 6 nitrogen and oxygen atoms in total. The smallest absolute Gasteiger partial charge is 0.152 e. The van der Waals surface area contributed by atoms with Gasteiger partial charge in [-0.25, -0.2) is 15.8 Å². The van der Waals surface area contributed by atoms with Crippen molar-refractivity contribution in [1.82, 2.24) is 14.9 Å². The largest absolute Gasteiger partial charge is 0.389 e. The van der Waals surface area contributed by atoms with Crippen LogP contribution in [0.5, 0.6) is 0 Å². The molecule has 0 atom stereocenters. The number of nitrogens with one attached hydrogen (secondary N) is 1. The number of aliphatic hydroxyl groups is 1. The van der Waals surface area contributed by atoms with Crippen LogP contribution in [0.25, 0.3) is 10.2 Å². The molecule has 0 aliphatic rings. The highest BCUT2D eigenvalue weighted by Gasteiger charge is 2.18. The lowest BCUT2D eigenvalue weighted by molar-refractivity contribution is 0.0418. The number of rotatable bonds is 5. The van der Waals surface area contributed by atoms with Crippen LogP contribution in [0.3, 0.4) is 0 Å². The summed E-state index contributed by atoms with van der Waals surface area (Å²) in [6, 6.07) is 0. The van der Waals surface area contributed by atoms with Gasteiger partial charge in [-0.05, 0) is 40.3 Å². The monoisotopic (exact) mass is 309 g/mol. The summed E-state index contributed by atoms with van der Waals surface area (Å²) in [5.74, 6) is 6.96. The first-order chi connectivity index (χ1) is 9.71. The Morgan fingerprint density at radius 3 is 2.57 bits per heavy atom. The molecular formula is C14H23N5OS. The lowest BCUT2D eigenvalue weighted by atomic mass is 10.1. The molecule has 0 radical (unpaired) electrons. The summed E-state index contributed by atoms with van der Waals surface area (Å²) < 4.78 is 0. The molecule has 0 amide bonds. The molecule has 0 bridgehead atoms. The molecule has 0 aliphatic heterocycles. The Kier molecular flexibility index (Phi) is 4.48. The summed E-state index contributed by atoms with van der Waals surface area (Å²) in [7, 11) is 1.94. The molecular weight excluding hydrogens is 286 g/mol.